The van der Waals surface area contributed by atoms with Gasteiger partial charge in [0.05, 0.1) is 0 Å². The van der Waals surface area contributed by atoms with E-state index in [2.05, 4.69) is 0 Å². The van der Waals surface area contributed by atoms with Crippen LogP contribution in [0.1, 0.15) is 10.4 Å². The van der Waals surface area contributed by atoms with E-state index in [1.165, 1.54) is 0 Å². The minimum absolute atomic E-state index is 1.26. The van der Waals surface area contributed by atoms with Crippen LogP contribution < -0.4 is 5.73 Å². The van der Waals surface area contributed by atoms with Crippen LogP contribution in [0.3, 0.4) is 0 Å². The summed E-state index contributed by atoms with van der Waals surface area (Å²) in [5.41, 5.74) is 1.97. The second kappa shape index (κ2) is 3.09. The molecule has 0 fully saturated rings. The molecule has 7 heteroatoms. The van der Waals surface area contributed by atoms with Gasteiger partial charge in [0.25, 0.3) is 0 Å². The number of carboxylic acids is 1. The lowest BCUT2D eigenvalue weighted by Crippen LogP contribution is -2.08. The van der Waals surface area contributed by atoms with Gasteiger partial charge in [-0.25, -0.2) is 18.0 Å². The van der Waals surface area contributed by atoms with Crippen molar-refractivity contribution in [3.8, 4) is 5.75 Å². The zero-order valence-corrected chi connectivity index (χ0v) is 6.51. The third kappa shape index (κ3) is 1.22. The smallest absolute Gasteiger partial charge is 0.342 e. The van der Waals surface area contributed by atoms with Crippen LogP contribution in [-0.4, -0.2) is 16.2 Å². The van der Waals surface area contributed by atoms with Gasteiger partial charge in [-0.05, 0) is 0 Å². The molecule has 0 amide bonds. The van der Waals surface area contributed by atoms with E-state index in [4.69, 9.17) is 15.9 Å². The second-order valence-electron chi connectivity index (χ2n) is 2.38. The van der Waals surface area contributed by atoms with Crippen LogP contribution >= 0.6 is 0 Å². The Hall–Kier alpha value is -1.92. The van der Waals surface area contributed by atoms with Crippen LogP contribution in [0.25, 0.3) is 0 Å². The van der Waals surface area contributed by atoms with Crippen LogP contribution in [0.5, 0.6) is 5.75 Å². The fourth-order valence-electron chi connectivity index (χ4n) is 0.861. The molecule has 0 saturated carbocycles. The van der Waals surface area contributed by atoms with Crippen molar-refractivity contribution in [2.75, 3.05) is 5.73 Å². The molecule has 1 rings (SSSR count). The first kappa shape index (κ1) is 10.2. The van der Waals surface area contributed by atoms with Gasteiger partial charge < -0.3 is 15.9 Å². The first-order valence-corrected chi connectivity index (χ1v) is 3.26. The molecule has 4 nitrogen and oxygen atoms in total. The van der Waals surface area contributed by atoms with Gasteiger partial charge in [-0.2, -0.15) is 0 Å². The summed E-state index contributed by atoms with van der Waals surface area (Å²) in [6.45, 7) is 0. The Morgan fingerprint density at radius 1 is 1.14 bits per heavy atom. The zero-order chi connectivity index (χ0) is 11.0. The van der Waals surface area contributed by atoms with E-state index < -0.39 is 40.4 Å². The number of hydrogen-bond acceptors (Lipinski definition) is 3. The van der Waals surface area contributed by atoms with Gasteiger partial charge in [-0.15, -0.1) is 0 Å². The number of halogens is 3. The van der Waals surface area contributed by atoms with E-state index in [0.717, 1.165) is 0 Å². The maximum Gasteiger partial charge on any atom is 0.342 e. The summed E-state index contributed by atoms with van der Waals surface area (Å²) < 4.78 is 38.2. The highest BCUT2D eigenvalue weighted by molar-refractivity contribution is 5.92. The Balaban J connectivity index is 3.68. The Morgan fingerprint density at radius 3 is 2.07 bits per heavy atom. The number of hydrogen-bond donors (Lipinski definition) is 3. The minimum Gasteiger partial charge on any atom is -0.504 e. The van der Waals surface area contributed by atoms with Crippen molar-refractivity contribution in [2.45, 2.75) is 0 Å². The van der Waals surface area contributed by atoms with E-state index in [1.807, 2.05) is 0 Å². The highest BCUT2D eigenvalue weighted by atomic mass is 19.2. The maximum atomic E-state index is 12.8. The number of phenols is 1. The highest BCUT2D eigenvalue weighted by Crippen LogP contribution is 2.31. The maximum absolute atomic E-state index is 12.8. The molecule has 0 atom stereocenters. The number of aromatic hydroxyl groups is 1. The quantitative estimate of drug-likeness (QED) is 0.475. The summed E-state index contributed by atoms with van der Waals surface area (Å²) in [6, 6.07) is 0. The molecule has 0 saturated heterocycles. The summed E-state index contributed by atoms with van der Waals surface area (Å²) in [7, 11) is 0. The van der Waals surface area contributed by atoms with Gasteiger partial charge in [-0.3, -0.25) is 0 Å². The van der Waals surface area contributed by atoms with Crippen LogP contribution in [0.15, 0.2) is 0 Å². The van der Waals surface area contributed by atoms with Gasteiger partial charge in [0.1, 0.15) is 11.3 Å². The van der Waals surface area contributed by atoms with Gasteiger partial charge in [-0.1, -0.05) is 0 Å². The summed E-state index contributed by atoms with van der Waals surface area (Å²) in [5, 5.41) is 17.1. The largest absolute Gasteiger partial charge is 0.504 e. The lowest BCUT2D eigenvalue weighted by molar-refractivity contribution is 0.0686. The zero-order valence-electron chi connectivity index (χ0n) is 6.51. The highest BCUT2D eigenvalue weighted by Gasteiger charge is 2.27. The minimum atomic E-state index is -1.99. The second-order valence-corrected chi connectivity index (χ2v) is 2.38. The number of nitrogen functional groups attached to an aromatic ring is 1. The van der Waals surface area contributed by atoms with Crippen LogP contribution in [0.2, 0.25) is 0 Å². The average Bonchev–Trinajstić information content (AvgIpc) is 2.11. The molecule has 14 heavy (non-hydrogen) atoms. The molecule has 0 unspecified atom stereocenters. The normalized spacial score (nSPS) is 10.2. The first-order chi connectivity index (χ1) is 6.37. The Labute approximate surface area is 75.4 Å². The Morgan fingerprint density at radius 2 is 1.64 bits per heavy atom. The predicted octanol–water partition coefficient (Wildman–Crippen LogP) is 1.09. The molecular formula is C7H4F3NO3. The third-order valence-corrected chi connectivity index (χ3v) is 1.54. The number of benzene rings is 1. The molecule has 0 heterocycles. The van der Waals surface area contributed by atoms with E-state index in [9.17, 15) is 18.0 Å². The molecule has 0 aliphatic heterocycles. The van der Waals surface area contributed by atoms with Crippen LogP contribution in [0.4, 0.5) is 18.9 Å². The van der Waals surface area contributed by atoms with Crippen LogP contribution in [0, 0.1) is 17.5 Å². The molecule has 4 N–H and O–H groups in total. The van der Waals surface area contributed by atoms with E-state index in [0.29, 0.717) is 0 Å². The van der Waals surface area contributed by atoms with Gasteiger partial charge in [0, 0.05) is 0 Å². The van der Waals surface area contributed by atoms with Crippen molar-refractivity contribution >= 4 is 11.7 Å². The van der Waals surface area contributed by atoms with Gasteiger partial charge in [0.2, 0.25) is 0 Å². The molecule has 0 spiro atoms. The summed E-state index contributed by atoms with van der Waals surface area (Å²) >= 11 is 0. The summed E-state index contributed by atoms with van der Waals surface area (Å²) in [4.78, 5) is 10.3. The summed E-state index contributed by atoms with van der Waals surface area (Å²) in [5.74, 6) is -8.93. The van der Waals surface area contributed by atoms with Crippen molar-refractivity contribution in [1.82, 2.24) is 0 Å². The molecule has 0 aromatic heterocycles. The standard InChI is InChI=1S/C7H4F3NO3/c8-2-1(7(13)14)6(12)4(10)5(11)3(2)9/h12H,11H2,(H,13,14). The van der Waals surface area contributed by atoms with E-state index in [1.54, 1.807) is 0 Å². The SMILES string of the molecule is Nc1c(F)c(O)c(C(=O)O)c(F)c1F. The third-order valence-electron chi connectivity index (χ3n) is 1.54. The van der Waals surface area contributed by atoms with Crippen molar-refractivity contribution in [3.63, 3.8) is 0 Å². The number of rotatable bonds is 1. The molecule has 76 valence electrons. The van der Waals surface area contributed by atoms with Gasteiger partial charge in [0.15, 0.2) is 23.2 Å². The number of carbonyl (C=O) groups is 1. The molecule has 1 aromatic carbocycles. The molecule has 0 aliphatic rings. The average molecular weight is 207 g/mol. The number of aromatic carboxylic acids is 1. The molecule has 0 aliphatic carbocycles. The fraction of sp³-hybridized carbons (Fsp3) is 0. The number of carboxylic acid groups (broad SMARTS) is 1. The monoisotopic (exact) mass is 207 g/mol. The molecule has 0 radical (unpaired) electrons. The predicted molar refractivity (Wildman–Crippen MR) is 39.4 cm³/mol. The number of nitrogens with two attached hydrogens (primary N) is 1. The van der Waals surface area contributed by atoms with Crippen LogP contribution in [-0.2, 0) is 0 Å². The van der Waals surface area contributed by atoms with E-state index >= 15 is 0 Å². The van der Waals surface area contributed by atoms with Gasteiger partial charge >= 0.3 is 5.97 Å². The Bertz CT molecular complexity index is 390. The fourth-order valence-corrected chi connectivity index (χ4v) is 0.861. The number of anilines is 1. The topological polar surface area (TPSA) is 83.5 Å². The molecular weight excluding hydrogens is 203 g/mol. The lowest BCUT2D eigenvalue weighted by Gasteiger charge is -2.06. The van der Waals surface area contributed by atoms with Crippen molar-refractivity contribution in [3.05, 3.63) is 23.0 Å². The molecule has 1 aromatic rings. The first-order valence-electron chi connectivity index (χ1n) is 3.26. The molecule has 0 bridgehead atoms. The lowest BCUT2D eigenvalue weighted by atomic mass is 10.1. The van der Waals surface area contributed by atoms with Crippen molar-refractivity contribution < 1.29 is 28.2 Å². The van der Waals surface area contributed by atoms with Crippen molar-refractivity contribution in [2.24, 2.45) is 0 Å². The van der Waals surface area contributed by atoms with Crippen molar-refractivity contribution in [1.29, 1.82) is 0 Å². The van der Waals surface area contributed by atoms with E-state index in [-0.39, 0.29) is 0 Å². The Kier molecular flexibility index (Phi) is 2.24. The summed E-state index contributed by atoms with van der Waals surface area (Å²) in [6.07, 6.45) is 0.